The Morgan fingerprint density at radius 1 is 1.47 bits per heavy atom. The lowest BCUT2D eigenvalue weighted by molar-refractivity contribution is 0.415. The third-order valence-corrected chi connectivity index (χ3v) is 2.29. The molecule has 15 heavy (non-hydrogen) atoms. The Labute approximate surface area is 91.6 Å². The van der Waals surface area contributed by atoms with Crippen LogP contribution in [0.1, 0.15) is 0 Å². The van der Waals surface area contributed by atoms with Crippen molar-refractivity contribution in [2.45, 2.75) is 0 Å². The zero-order valence-electron chi connectivity index (χ0n) is 8.03. The molecule has 0 saturated carbocycles. The van der Waals surface area contributed by atoms with Crippen LogP contribution in [-0.4, -0.2) is 12.3 Å². The van der Waals surface area contributed by atoms with Crippen LogP contribution in [0.5, 0.6) is 5.75 Å². The summed E-state index contributed by atoms with van der Waals surface area (Å²) < 4.78 is 9.88. The highest BCUT2D eigenvalue weighted by Crippen LogP contribution is 2.34. The molecule has 2 rings (SSSR count). The first kappa shape index (κ1) is 9.86. The van der Waals surface area contributed by atoms with Gasteiger partial charge in [-0.25, -0.2) is 0 Å². The lowest BCUT2D eigenvalue weighted by Crippen LogP contribution is -1.87. The second-order valence-electron chi connectivity index (χ2n) is 2.94. The van der Waals surface area contributed by atoms with Gasteiger partial charge in [0.2, 0.25) is 5.88 Å². The van der Waals surface area contributed by atoms with E-state index >= 15 is 0 Å². The number of nitrogens with zero attached hydrogens (tertiary/aromatic N) is 1. The quantitative estimate of drug-likeness (QED) is 0.852. The van der Waals surface area contributed by atoms with Gasteiger partial charge in [-0.05, 0) is 17.7 Å². The van der Waals surface area contributed by atoms with Crippen LogP contribution in [0.25, 0.3) is 11.1 Å². The first-order valence-corrected chi connectivity index (χ1v) is 4.65. The number of nitrogens with two attached hydrogens (primary N) is 1. The normalized spacial score (nSPS) is 10.3. The average Bonchev–Trinajstić information content (AvgIpc) is 2.59. The van der Waals surface area contributed by atoms with Crippen molar-refractivity contribution in [1.82, 2.24) is 5.16 Å². The molecule has 0 radical (unpaired) electrons. The molecule has 0 aliphatic carbocycles. The number of halogens is 1. The highest BCUT2D eigenvalue weighted by molar-refractivity contribution is 6.32. The Morgan fingerprint density at radius 3 is 2.87 bits per heavy atom. The first-order chi connectivity index (χ1) is 7.22. The molecule has 1 aromatic carbocycles. The summed E-state index contributed by atoms with van der Waals surface area (Å²) in [6, 6.07) is 7.35. The first-order valence-electron chi connectivity index (χ1n) is 4.27. The number of ether oxygens (including phenoxy) is 1. The van der Waals surface area contributed by atoms with E-state index < -0.39 is 0 Å². The van der Waals surface area contributed by atoms with Crippen molar-refractivity contribution in [3.63, 3.8) is 0 Å². The molecule has 0 unspecified atom stereocenters. The van der Waals surface area contributed by atoms with Gasteiger partial charge in [-0.3, -0.25) is 0 Å². The van der Waals surface area contributed by atoms with E-state index in [0.29, 0.717) is 5.56 Å². The predicted octanol–water partition coefficient (Wildman–Crippen LogP) is 2.59. The van der Waals surface area contributed by atoms with Crippen molar-refractivity contribution in [2.24, 2.45) is 0 Å². The number of aromatic nitrogens is 1. The van der Waals surface area contributed by atoms with Crippen molar-refractivity contribution in [3.05, 3.63) is 29.4 Å². The maximum Gasteiger partial charge on any atom is 0.231 e. The van der Waals surface area contributed by atoms with Crippen molar-refractivity contribution in [3.8, 4) is 16.9 Å². The topological polar surface area (TPSA) is 61.3 Å². The Hall–Kier alpha value is -1.68. The van der Waals surface area contributed by atoms with Crippen molar-refractivity contribution in [1.29, 1.82) is 0 Å². The molecule has 0 atom stereocenters. The summed E-state index contributed by atoms with van der Waals surface area (Å²) in [5.74, 6) is 0.928. The minimum absolute atomic E-state index is 0.202. The minimum atomic E-state index is 0.202. The largest absolute Gasteiger partial charge is 0.497 e. The van der Waals surface area contributed by atoms with Gasteiger partial charge in [-0.15, -0.1) is 0 Å². The van der Waals surface area contributed by atoms with E-state index in [2.05, 4.69) is 5.16 Å². The van der Waals surface area contributed by atoms with E-state index in [1.165, 1.54) is 0 Å². The molecule has 0 bridgehead atoms. The summed E-state index contributed by atoms with van der Waals surface area (Å²) in [5, 5.41) is 3.82. The van der Waals surface area contributed by atoms with E-state index in [4.69, 9.17) is 26.6 Å². The molecule has 5 heteroatoms. The molecule has 0 aliphatic heterocycles. The molecule has 1 heterocycles. The predicted molar refractivity (Wildman–Crippen MR) is 57.9 cm³/mol. The fraction of sp³-hybridized carbons (Fsp3) is 0.100. The summed E-state index contributed by atoms with van der Waals surface area (Å²) in [6.07, 6.45) is 0. The number of hydrogen-bond acceptors (Lipinski definition) is 4. The molecule has 0 fully saturated rings. The monoisotopic (exact) mass is 224 g/mol. The van der Waals surface area contributed by atoms with Gasteiger partial charge in [-0.2, -0.15) is 0 Å². The van der Waals surface area contributed by atoms with Crippen LogP contribution in [0, 0.1) is 0 Å². The van der Waals surface area contributed by atoms with E-state index in [-0.39, 0.29) is 11.0 Å². The summed E-state index contributed by atoms with van der Waals surface area (Å²) >= 11 is 5.85. The maximum atomic E-state index is 5.85. The molecule has 0 aliphatic rings. The highest BCUT2D eigenvalue weighted by atomic mass is 35.5. The number of rotatable bonds is 2. The van der Waals surface area contributed by atoms with Gasteiger partial charge >= 0.3 is 0 Å². The highest BCUT2D eigenvalue weighted by Gasteiger charge is 2.14. The van der Waals surface area contributed by atoms with Crippen LogP contribution < -0.4 is 10.5 Å². The number of benzene rings is 1. The zero-order valence-corrected chi connectivity index (χ0v) is 8.78. The molecule has 1 aromatic heterocycles. The van der Waals surface area contributed by atoms with Crippen LogP contribution in [0.4, 0.5) is 5.88 Å². The van der Waals surface area contributed by atoms with E-state index in [1.807, 2.05) is 24.3 Å². The van der Waals surface area contributed by atoms with Crippen LogP contribution in [0.3, 0.4) is 0 Å². The van der Waals surface area contributed by atoms with Crippen molar-refractivity contribution < 1.29 is 9.26 Å². The van der Waals surface area contributed by atoms with Gasteiger partial charge < -0.3 is 15.0 Å². The molecule has 0 saturated heterocycles. The number of anilines is 1. The van der Waals surface area contributed by atoms with Gasteiger partial charge in [0.25, 0.3) is 0 Å². The third kappa shape index (κ3) is 1.76. The fourth-order valence-electron chi connectivity index (χ4n) is 1.32. The molecular weight excluding hydrogens is 216 g/mol. The number of nitrogen functional groups attached to an aromatic ring is 1. The van der Waals surface area contributed by atoms with Gasteiger partial charge in [0, 0.05) is 0 Å². The average molecular weight is 225 g/mol. The second-order valence-corrected chi connectivity index (χ2v) is 3.30. The van der Waals surface area contributed by atoms with Crippen LogP contribution >= 0.6 is 11.6 Å². The van der Waals surface area contributed by atoms with Gasteiger partial charge in [0.15, 0.2) is 5.15 Å². The Morgan fingerprint density at radius 2 is 2.27 bits per heavy atom. The van der Waals surface area contributed by atoms with Crippen LogP contribution in [0.15, 0.2) is 28.8 Å². The Balaban J connectivity index is 2.53. The maximum absolute atomic E-state index is 5.85. The summed E-state index contributed by atoms with van der Waals surface area (Å²) in [7, 11) is 1.59. The lowest BCUT2D eigenvalue weighted by Gasteiger charge is -2.02. The number of hydrogen-bond donors (Lipinski definition) is 1. The van der Waals surface area contributed by atoms with Crippen molar-refractivity contribution in [2.75, 3.05) is 12.8 Å². The smallest absolute Gasteiger partial charge is 0.231 e. The van der Waals surface area contributed by atoms with Gasteiger partial charge in [0.1, 0.15) is 5.75 Å². The molecule has 0 amide bonds. The van der Waals surface area contributed by atoms with Crippen LogP contribution in [0.2, 0.25) is 5.15 Å². The van der Waals surface area contributed by atoms with Gasteiger partial charge in [0.05, 0.1) is 12.7 Å². The lowest BCUT2D eigenvalue weighted by atomic mass is 10.1. The third-order valence-electron chi connectivity index (χ3n) is 2.04. The van der Waals surface area contributed by atoms with Gasteiger partial charge in [-0.1, -0.05) is 28.9 Å². The summed E-state index contributed by atoms with van der Waals surface area (Å²) in [6.45, 7) is 0. The number of methoxy groups -OCH3 is 1. The van der Waals surface area contributed by atoms with E-state index in [0.717, 1.165) is 11.3 Å². The minimum Gasteiger partial charge on any atom is -0.497 e. The fourth-order valence-corrected chi connectivity index (χ4v) is 1.56. The molecular formula is C10H9ClN2O2. The zero-order chi connectivity index (χ0) is 10.8. The van der Waals surface area contributed by atoms with Crippen molar-refractivity contribution >= 4 is 17.5 Å². The Kier molecular flexibility index (Phi) is 2.51. The SMILES string of the molecule is COc1cccc(-c2c(Cl)noc2N)c1. The molecule has 0 spiro atoms. The summed E-state index contributed by atoms with van der Waals surface area (Å²) in [5.41, 5.74) is 7.02. The van der Waals surface area contributed by atoms with E-state index in [1.54, 1.807) is 7.11 Å². The molecule has 2 N–H and O–H groups in total. The summed E-state index contributed by atoms with van der Waals surface area (Å²) in [4.78, 5) is 0. The standard InChI is InChI=1S/C10H9ClN2O2/c1-14-7-4-2-3-6(5-7)8-9(11)13-15-10(8)12/h2-5H,12H2,1H3. The molecule has 78 valence electrons. The Bertz CT molecular complexity index is 463. The molecule has 2 aromatic rings. The molecule has 4 nitrogen and oxygen atoms in total. The van der Waals surface area contributed by atoms with Crippen LogP contribution in [-0.2, 0) is 0 Å². The van der Waals surface area contributed by atoms with E-state index in [9.17, 15) is 0 Å². The second kappa shape index (κ2) is 3.82.